The third-order valence-corrected chi connectivity index (χ3v) is 5.56. The van der Waals surface area contributed by atoms with Crippen molar-refractivity contribution in [3.05, 3.63) is 93.0 Å². The highest BCUT2D eigenvalue weighted by Gasteiger charge is 2.15. The van der Waals surface area contributed by atoms with E-state index in [1.165, 1.54) is 11.1 Å². The number of aromatic nitrogens is 3. The molecule has 0 spiro atoms. The second-order valence-corrected chi connectivity index (χ2v) is 7.79. The summed E-state index contributed by atoms with van der Waals surface area (Å²) in [6, 6.07) is 13.9. The Hall–Kier alpha value is -3.18. The van der Waals surface area contributed by atoms with Gasteiger partial charge >= 0.3 is 0 Å². The van der Waals surface area contributed by atoms with Gasteiger partial charge < -0.3 is 9.67 Å². The molecule has 0 fully saturated rings. The Morgan fingerprint density at radius 1 is 0.931 bits per heavy atom. The lowest BCUT2D eigenvalue weighted by atomic mass is 9.97. The number of hydrogen-bond donors (Lipinski definition) is 1. The van der Waals surface area contributed by atoms with Crippen molar-refractivity contribution in [3.8, 4) is 11.3 Å². The molecule has 2 aromatic carbocycles. The Balaban J connectivity index is 1.68. The topological polar surface area (TPSA) is 59.5 Å². The molecule has 0 saturated heterocycles. The van der Waals surface area contributed by atoms with E-state index in [4.69, 9.17) is 0 Å². The molecule has 5 heteroatoms. The summed E-state index contributed by atoms with van der Waals surface area (Å²) < 4.78 is 3.15. The van der Waals surface area contributed by atoms with Crippen LogP contribution in [0.4, 0.5) is 0 Å². The van der Waals surface area contributed by atoms with Crippen LogP contribution in [0.2, 0.25) is 0 Å². The van der Waals surface area contributed by atoms with Gasteiger partial charge in [-0.05, 0) is 56.0 Å². The first-order valence-electron chi connectivity index (χ1n) is 9.75. The maximum Gasteiger partial charge on any atom is 0.276 e. The zero-order chi connectivity index (χ0) is 20.7. The van der Waals surface area contributed by atoms with E-state index in [9.17, 15) is 9.90 Å². The van der Waals surface area contributed by atoms with Crippen molar-refractivity contribution in [2.24, 2.45) is 0 Å². The molecule has 5 nitrogen and oxygen atoms in total. The first-order chi connectivity index (χ1) is 13.8. The highest BCUT2D eigenvalue weighted by Crippen LogP contribution is 2.23. The fourth-order valence-electron chi connectivity index (χ4n) is 3.66. The molecule has 0 radical (unpaired) electrons. The lowest BCUT2D eigenvalue weighted by Crippen LogP contribution is -2.24. The SMILES string of the molecule is Cc1ccc(-c2cc3c(=O)n(C[C@H](O)c4cc(C)c(C)cc4C)ccn3n2)cc1. The number of aliphatic hydroxyl groups is 1. The highest BCUT2D eigenvalue weighted by atomic mass is 16.3. The molecule has 0 aliphatic heterocycles. The van der Waals surface area contributed by atoms with Crippen LogP contribution in [0.1, 0.15) is 33.9 Å². The zero-order valence-corrected chi connectivity index (χ0v) is 17.2. The van der Waals surface area contributed by atoms with E-state index < -0.39 is 6.10 Å². The van der Waals surface area contributed by atoms with Crippen molar-refractivity contribution in [1.29, 1.82) is 0 Å². The lowest BCUT2D eigenvalue weighted by molar-refractivity contribution is 0.154. The normalized spacial score (nSPS) is 12.4. The molecule has 29 heavy (non-hydrogen) atoms. The summed E-state index contributed by atoms with van der Waals surface area (Å²) in [4.78, 5) is 13.0. The molecule has 2 heterocycles. The first kappa shape index (κ1) is 19.2. The van der Waals surface area contributed by atoms with Crippen LogP contribution in [-0.4, -0.2) is 19.3 Å². The Kier molecular flexibility index (Phi) is 4.84. The maximum absolute atomic E-state index is 13.0. The Labute approximate surface area is 169 Å². The van der Waals surface area contributed by atoms with Gasteiger partial charge in [-0.3, -0.25) is 4.79 Å². The van der Waals surface area contributed by atoms with E-state index in [0.717, 1.165) is 27.9 Å². The number of aryl methyl sites for hydroxylation is 4. The van der Waals surface area contributed by atoms with E-state index in [-0.39, 0.29) is 12.1 Å². The van der Waals surface area contributed by atoms with Crippen molar-refractivity contribution in [1.82, 2.24) is 14.2 Å². The van der Waals surface area contributed by atoms with Crippen molar-refractivity contribution in [3.63, 3.8) is 0 Å². The van der Waals surface area contributed by atoms with Gasteiger partial charge in [-0.1, -0.05) is 42.0 Å². The van der Waals surface area contributed by atoms with Gasteiger partial charge in [-0.15, -0.1) is 0 Å². The maximum atomic E-state index is 13.0. The van der Waals surface area contributed by atoms with Gasteiger partial charge in [-0.25, -0.2) is 4.52 Å². The lowest BCUT2D eigenvalue weighted by Gasteiger charge is -2.17. The van der Waals surface area contributed by atoms with Gasteiger partial charge in [0.25, 0.3) is 5.56 Å². The third-order valence-electron chi connectivity index (χ3n) is 5.56. The van der Waals surface area contributed by atoms with Gasteiger partial charge in [0.2, 0.25) is 0 Å². The van der Waals surface area contributed by atoms with Crippen LogP contribution < -0.4 is 5.56 Å². The van der Waals surface area contributed by atoms with Crippen LogP contribution >= 0.6 is 0 Å². The van der Waals surface area contributed by atoms with Crippen molar-refractivity contribution < 1.29 is 5.11 Å². The fourth-order valence-corrected chi connectivity index (χ4v) is 3.66. The Morgan fingerprint density at radius 3 is 2.34 bits per heavy atom. The van der Waals surface area contributed by atoms with E-state index >= 15 is 0 Å². The van der Waals surface area contributed by atoms with Crippen molar-refractivity contribution in [2.45, 2.75) is 40.3 Å². The zero-order valence-electron chi connectivity index (χ0n) is 17.2. The molecule has 4 aromatic rings. The number of aliphatic hydroxyl groups excluding tert-OH is 1. The molecule has 0 aliphatic carbocycles. The Bertz CT molecular complexity index is 1250. The van der Waals surface area contributed by atoms with Gasteiger partial charge in [-0.2, -0.15) is 5.10 Å². The summed E-state index contributed by atoms with van der Waals surface area (Å²) >= 11 is 0. The van der Waals surface area contributed by atoms with Crippen LogP contribution in [0.15, 0.2) is 59.7 Å². The monoisotopic (exact) mass is 387 g/mol. The summed E-state index contributed by atoms with van der Waals surface area (Å²) in [6.07, 6.45) is 2.68. The fraction of sp³-hybridized carbons (Fsp3) is 0.250. The third kappa shape index (κ3) is 3.61. The average molecular weight is 387 g/mol. The van der Waals surface area contributed by atoms with Crippen molar-refractivity contribution in [2.75, 3.05) is 0 Å². The minimum Gasteiger partial charge on any atom is -0.387 e. The van der Waals surface area contributed by atoms with Crippen LogP contribution in [0, 0.1) is 27.7 Å². The van der Waals surface area contributed by atoms with Gasteiger partial charge in [0.15, 0.2) is 0 Å². The largest absolute Gasteiger partial charge is 0.387 e. The molecule has 0 saturated carbocycles. The molecule has 0 bridgehead atoms. The molecule has 148 valence electrons. The second-order valence-electron chi connectivity index (χ2n) is 7.79. The summed E-state index contributed by atoms with van der Waals surface area (Å²) in [5.74, 6) is 0. The summed E-state index contributed by atoms with van der Waals surface area (Å²) in [7, 11) is 0. The Morgan fingerprint density at radius 2 is 1.62 bits per heavy atom. The minimum absolute atomic E-state index is 0.168. The van der Waals surface area contributed by atoms with Crippen molar-refractivity contribution >= 4 is 5.52 Å². The average Bonchev–Trinajstić information content (AvgIpc) is 3.12. The van der Waals surface area contributed by atoms with E-state index in [0.29, 0.717) is 5.52 Å². The molecule has 2 aromatic heterocycles. The molecular formula is C24H25N3O2. The molecule has 0 aliphatic rings. The summed E-state index contributed by atoms with van der Waals surface area (Å²) in [6.45, 7) is 8.31. The molecule has 1 N–H and O–H groups in total. The quantitative estimate of drug-likeness (QED) is 0.573. The van der Waals surface area contributed by atoms with Gasteiger partial charge in [0, 0.05) is 18.0 Å². The second kappa shape index (κ2) is 7.33. The van der Waals surface area contributed by atoms with Crippen LogP contribution in [0.3, 0.4) is 0 Å². The van der Waals surface area contributed by atoms with Gasteiger partial charge in [0.05, 0.1) is 18.3 Å². The highest BCUT2D eigenvalue weighted by molar-refractivity contribution is 5.65. The molecule has 1 atom stereocenters. The summed E-state index contributed by atoms with van der Waals surface area (Å²) in [5.41, 5.74) is 7.43. The number of rotatable bonds is 4. The predicted octanol–water partition coefficient (Wildman–Crippen LogP) is 4.13. The number of fused-ring (bicyclic) bond motifs is 1. The minimum atomic E-state index is -0.756. The van der Waals surface area contributed by atoms with Gasteiger partial charge in [0.1, 0.15) is 5.52 Å². The van der Waals surface area contributed by atoms with Crippen LogP contribution in [-0.2, 0) is 6.54 Å². The van der Waals surface area contributed by atoms with Crippen LogP contribution in [0.25, 0.3) is 16.8 Å². The standard InChI is InChI=1S/C24H25N3O2/c1-15-5-7-19(8-6-15)21-13-22-24(29)26(9-10-27(22)25-21)14-23(28)20-12-17(3)16(2)11-18(20)4/h5-13,23,28H,14H2,1-4H3/t23-/m0/s1. The molecular weight excluding hydrogens is 362 g/mol. The molecule has 0 unspecified atom stereocenters. The summed E-state index contributed by atoms with van der Waals surface area (Å²) in [5, 5.41) is 15.3. The first-order valence-corrected chi connectivity index (χ1v) is 9.75. The molecule has 0 amide bonds. The number of nitrogens with zero attached hydrogens (tertiary/aromatic N) is 3. The van der Waals surface area contributed by atoms with E-state index in [2.05, 4.69) is 18.1 Å². The van der Waals surface area contributed by atoms with Crippen LogP contribution in [0.5, 0.6) is 0 Å². The van der Waals surface area contributed by atoms with E-state index in [1.54, 1.807) is 27.5 Å². The van der Waals surface area contributed by atoms with E-state index in [1.807, 2.05) is 51.1 Å². The predicted molar refractivity (Wildman–Crippen MR) is 115 cm³/mol. The number of benzene rings is 2. The number of hydrogen-bond acceptors (Lipinski definition) is 3. The molecule has 4 rings (SSSR count). The smallest absolute Gasteiger partial charge is 0.276 e.